The number of fused-ring (bicyclic) bond motifs is 4. The van der Waals surface area contributed by atoms with Crippen LogP contribution in [-0.4, -0.2) is 105 Å². The van der Waals surface area contributed by atoms with Crippen LogP contribution in [-0.2, 0) is 48.8 Å². The van der Waals surface area contributed by atoms with Gasteiger partial charge in [-0.15, -0.1) is 0 Å². The molecule has 1 atom stereocenters. The van der Waals surface area contributed by atoms with E-state index in [4.69, 9.17) is 10.8 Å². The van der Waals surface area contributed by atoms with Crippen LogP contribution in [0.2, 0.25) is 0 Å². The molecule has 0 aromatic carbocycles. The molecule has 8 heterocycles. The van der Waals surface area contributed by atoms with Crippen molar-refractivity contribution in [2.45, 2.75) is 39.0 Å². The van der Waals surface area contributed by atoms with Gasteiger partial charge in [0.05, 0.1) is 44.4 Å². The molecule has 0 amide bonds. The molecular weight excluding hydrogens is 842 g/mol. The van der Waals surface area contributed by atoms with Gasteiger partial charge in [0.15, 0.2) is 43.9 Å². The number of imidazole rings is 4. The SMILES string of the molecule is CC(C)(N)CO.CC(O)Cn1c(=O)c2c(ncn2C)n(C)c1=O.Cn1c(=O)c2[nH]c(Br)nc2n(C)c1=O.Cn1cnc2c1c(=O)[nH]c(=O)n2C.c1ncc2[nH]cnc2n1. The van der Waals surface area contributed by atoms with Gasteiger partial charge in [-0.05, 0) is 36.7 Å². The third-order valence-corrected chi connectivity index (χ3v) is 8.57. The highest BCUT2D eigenvalue weighted by Gasteiger charge is 2.16. The molecular formula is C33H44BrN17O8. The van der Waals surface area contributed by atoms with Crippen molar-refractivity contribution in [3.8, 4) is 0 Å². The molecule has 59 heavy (non-hydrogen) atoms. The number of aliphatic hydroxyl groups excluding tert-OH is 2. The number of nitrogens with zero attached hydrogens (tertiary/aromatic N) is 13. The second-order valence-electron chi connectivity index (χ2n) is 13.7. The number of aromatic amines is 3. The van der Waals surface area contributed by atoms with Crippen LogP contribution in [0.15, 0.2) is 65.0 Å². The number of rotatable bonds is 3. The van der Waals surface area contributed by atoms with Crippen molar-refractivity contribution in [3.05, 3.63) is 98.8 Å². The molecule has 0 radical (unpaired) electrons. The molecule has 26 heteroatoms. The van der Waals surface area contributed by atoms with Crippen LogP contribution in [0.1, 0.15) is 20.8 Å². The van der Waals surface area contributed by atoms with Crippen LogP contribution in [0.3, 0.4) is 0 Å². The summed E-state index contributed by atoms with van der Waals surface area (Å²) in [6.45, 7) is 5.10. The molecule has 8 rings (SSSR count). The quantitative estimate of drug-likeness (QED) is 0.101. The van der Waals surface area contributed by atoms with Gasteiger partial charge >= 0.3 is 17.1 Å². The lowest BCUT2D eigenvalue weighted by Gasteiger charge is -2.12. The van der Waals surface area contributed by atoms with E-state index in [0.717, 1.165) is 14.7 Å². The van der Waals surface area contributed by atoms with E-state index >= 15 is 0 Å². The smallest absolute Gasteiger partial charge is 0.332 e. The Morgan fingerprint density at radius 3 is 1.95 bits per heavy atom. The average Bonchev–Trinajstić information content (AvgIpc) is 4.00. The van der Waals surface area contributed by atoms with Gasteiger partial charge in [-0.3, -0.25) is 42.2 Å². The van der Waals surface area contributed by atoms with E-state index in [2.05, 4.69) is 60.8 Å². The van der Waals surface area contributed by atoms with Crippen molar-refractivity contribution >= 4 is 60.6 Å². The van der Waals surface area contributed by atoms with E-state index in [0.29, 0.717) is 43.9 Å². The molecule has 0 aliphatic heterocycles. The average molecular weight is 887 g/mol. The lowest BCUT2D eigenvalue weighted by Crippen LogP contribution is -2.41. The number of halogens is 1. The van der Waals surface area contributed by atoms with E-state index in [9.17, 15) is 33.9 Å². The molecule has 25 nitrogen and oxygen atoms in total. The zero-order valence-electron chi connectivity index (χ0n) is 33.5. The number of nitrogens with two attached hydrogens (primary N) is 1. The molecule has 0 aliphatic carbocycles. The fourth-order valence-corrected chi connectivity index (χ4v) is 5.44. The molecule has 0 saturated heterocycles. The molecule has 0 spiro atoms. The standard InChI is InChI=1S/C10H14N4O3.C7H7BrN4O2.C7H8N4O2.C5H4N4.C4H11NO/c1-6(15)4-14-9(16)7-8(11-5-12(7)2)13(3)10(14)17;1-11-4-3(9-6(8)10-4)5(13)12(2)7(11)14;1-10-3-8-5-4(10)6(12)9-7(13)11(5)2;1-4-5(8-2-6-1)9-3-7-4;1-4(2,5)3-6/h5-6,15H,4H2,1-3H3;1-2H3,(H,9,10);3H,1-2H3,(H,9,12,13);1-3H,(H,6,7,8,9);6H,3,5H2,1-2H3. The highest BCUT2D eigenvalue weighted by atomic mass is 79.9. The number of H-pyrrole nitrogens is 3. The Kier molecular flexibility index (Phi) is 14.0. The van der Waals surface area contributed by atoms with Crippen LogP contribution in [0.5, 0.6) is 0 Å². The van der Waals surface area contributed by atoms with Crippen molar-refractivity contribution in [2.75, 3.05) is 6.61 Å². The van der Waals surface area contributed by atoms with Crippen LogP contribution in [0, 0.1) is 0 Å². The molecule has 316 valence electrons. The minimum absolute atomic E-state index is 0.0212. The fourth-order valence-electron chi connectivity index (χ4n) is 5.07. The predicted octanol–water partition coefficient (Wildman–Crippen LogP) is -2.43. The van der Waals surface area contributed by atoms with Crippen molar-refractivity contribution in [2.24, 2.45) is 48.0 Å². The first-order valence-electron chi connectivity index (χ1n) is 17.3. The van der Waals surface area contributed by atoms with Crippen LogP contribution in [0.4, 0.5) is 0 Å². The Labute approximate surface area is 339 Å². The van der Waals surface area contributed by atoms with Crippen molar-refractivity contribution in [1.29, 1.82) is 0 Å². The van der Waals surface area contributed by atoms with Crippen LogP contribution < -0.4 is 39.5 Å². The highest BCUT2D eigenvalue weighted by molar-refractivity contribution is 9.10. The Bertz CT molecular complexity index is 3080. The molecule has 7 N–H and O–H groups in total. The molecule has 8 aromatic rings. The Balaban J connectivity index is 0.000000169. The zero-order chi connectivity index (χ0) is 44.1. The number of aryl methyl sites for hydroxylation is 5. The van der Waals surface area contributed by atoms with E-state index in [1.54, 1.807) is 70.7 Å². The number of nitrogens with one attached hydrogen (secondary N) is 3. The molecule has 0 aliphatic rings. The van der Waals surface area contributed by atoms with Gasteiger partial charge in [-0.1, -0.05) is 0 Å². The first-order valence-corrected chi connectivity index (χ1v) is 18.1. The zero-order valence-corrected chi connectivity index (χ0v) is 35.1. The van der Waals surface area contributed by atoms with Gasteiger partial charge in [0, 0.05) is 47.8 Å². The van der Waals surface area contributed by atoms with Gasteiger partial charge in [0.25, 0.3) is 16.7 Å². The van der Waals surface area contributed by atoms with E-state index < -0.39 is 34.1 Å². The number of aromatic nitrogens is 16. The topological polar surface area (TPSA) is 328 Å². The summed E-state index contributed by atoms with van der Waals surface area (Å²) in [5, 5.41) is 17.6. The summed E-state index contributed by atoms with van der Waals surface area (Å²) in [4.78, 5) is 101. The Morgan fingerprint density at radius 1 is 0.797 bits per heavy atom. The van der Waals surface area contributed by atoms with Crippen molar-refractivity contribution < 1.29 is 10.2 Å². The summed E-state index contributed by atoms with van der Waals surface area (Å²) in [6, 6.07) is 0. The summed E-state index contributed by atoms with van der Waals surface area (Å²) < 4.78 is 9.56. The molecule has 0 fully saturated rings. The largest absolute Gasteiger partial charge is 0.394 e. The van der Waals surface area contributed by atoms with Crippen molar-refractivity contribution in [3.63, 3.8) is 0 Å². The minimum Gasteiger partial charge on any atom is -0.394 e. The van der Waals surface area contributed by atoms with Gasteiger partial charge in [0.1, 0.15) is 11.8 Å². The molecule has 0 bridgehead atoms. The number of hydrogen-bond acceptors (Lipinski definition) is 15. The maximum Gasteiger partial charge on any atom is 0.332 e. The van der Waals surface area contributed by atoms with Gasteiger partial charge in [-0.2, -0.15) is 0 Å². The third kappa shape index (κ3) is 10.1. The summed E-state index contributed by atoms with van der Waals surface area (Å²) in [5.74, 6) is 0. The fraction of sp³-hybridized carbons (Fsp3) is 0.394. The van der Waals surface area contributed by atoms with Crippen LogP contribution in [0.25, 0.3) is 44.7 Å². The second-order valence-corrected chi connectivity index (χ2v) is 14.5. The van der Waals surface area contributed by atoms with Crippen molar-refractivity contribution in [1.82, 2.24) is 76.8 Å². The van der Waals surface area contributed by atoms with E-state index in [1.165, 1.54) is 46.7 Å². The molecule has 8 aromatic heterocycles. The molecule has 1 unspecified atom stereocenters. The first kappa shape index (κ1) is 45.1. The first-order chi connectivity index (χ1) is 27.6. The Morgan fingerprint density at radius 2 is 1.37 bits per heavy atom. The maximum absolute atomic E-state index is 12.1. The second kappa shape index (κ2) is 18.3. The predicted molar refractivity (Wildman–Crippen MR) is 220 cm³/mol. The lowest BCUT2D eigenvalue weighted by atomic mass is 10.1. The number of aliphatic hydroxyl groups is 2. The molecule has 0 saturated carbocycles. The Hall–Kier alpha value is -6.64. The number of hydrogen-bond donors (Lipinski definition) is 6. The van der Waals surface area contributed by atoms with E-state index in [-0.39, 0.29) is 24.4 Å². The van der Waals surface area contributed by atoms with Gasteiger partial charge in [-0.25, -0.2) is 44.3 Å². The third-order valence-electron chi connectivity index (χ3n) is 8.19. The highest BCUT2D eigenvalue weighted by Crippen LogP contribution is 2.09. The van der Waals surface area contributed by atoms with Gasteiger partial charge < -0.3 is 35.0 Å². The van der Waals surface area contributed by atoms with E-state index in [1.807, 2.05) is 0 Å². The van der Waals surface area contributed by atoms with Crippen LogP contribution >= 0.6 is 15.9 Å². The van der Waals surface area contributed by atoms with Gasteiger partial charge in [0.2, 0.25) is 0 Å². The maximum atomic E-state index is 12.1. The lowest BCUT2D eigenvalue weighted by molar-refractivity contribution is 0.170. The monoisotopic (exact) mass is 885 g/mol. The summed E-state index contributed by atoms with van der Waals surface area (Å²) in [5.41, 5.74) is 6.14. The summed E-state index contributed by atoms with van der Waals surface area (Å²) >= 11 is 3.11. The summed E-state index contributed by atoms with van der Waals surface area (Å²) in [6.07, 6.45) is 6.99. The minimum atomic E-state index is -0.758. The summed E-state index contributed by atoms with van der Waals surface area (Å²) in [7, 11) is 9.50. The normalized spacial score (nSPS) is 11.6.